The molecule has 2 aliphatic heterocycles. The van der Waals surface area contributed by atoms with Crippen LogP contribution in [0.1, 0.15) is 0 Å². The van der Waals surface area contributed by atoms with E-state index in [1.807, 2.05) is 6.07 Å². The van der Waals surface area contributed by atoms with E-state index in [0.717, 1.165) is 44.9 Å². The zero-order valence-electron chi connectivity index (χ0n) is 33.1. The molecular weight excluding hydrogens is 757 g/mol. The van der Waals surface area contributed by atoms with Gasteiger partial charge >= 0.3 is 0 Å². The normalized spacial score (nSPS) is 12.3. The monoisotopic (exact) mass is 792 g/mol. The van der Waals surface area contributed by atoms with Crippen molar-refractivity contribution in [3.8, 4) is 67.5 Å². The van der Waals surface area contributed by atoms with Crippen molar-refractivity contribution in [3.05, 3.63) is 212 Å². The molecule has 0 bridgehead atoms. The van der Waals surface area contributed by atoms with Crippen LogP contribution >= 0.6 is 0 Å². The average Bonchev–Trinajstić information content (AvgIpc) is 3.32. The first-order valence-electron chi connectivity index (χ1n) is 21.0. The number of rotatable bonds is 5. The number of benzene rings is 11. The third-order valence-corrected chi connectivity index (χ3v) is 16.1. The lowest BCUT2D eigenvalue weighted by Gasteiger charge is -2.26. The van der Waals surface area contributed by atoms with Gasteiger partial charge in [-0.2, -0.15) is 0 Å². The summed E-state index contributed by atoms with van der Waals surface area (Å²) in [7, 11) is -1.75. The first-order valence-corrected chi connectivity index (χ1v) is 22.8. The van der Waals surface area contributed by atoms with E-state index in [9.17, 15) is 0 Å². The summed E-state index contributed by atoms with van der Waals surface area (Å²) in [5, 5.41) is 13.7. The van der Waals surface area contributed by atoms with E-state index in [1.165, 1.54) is 81.3 Å². The molecular formula is C58H36O2Si. The summed E-state index contributed by atoms with van der Waals surface area (Å²) >= 11 is 0. The maximum absolute atomic E-state index is 6.96. The fraction of sp³-hybridized carbons (Fsp3) is 0. The van der Waals surface area contributed by atoms with Gasteiger partial charge in [0.15, 0.2) is 0 Å². The van der Waals surface area contributed by atoms with Crippen LogP contribution in [0, 0.1) is 0 Å². The number of ether oxygens (including phenoxy) is 2. The smallest absolute Gasteiger partial charge is 0.135 e. The highest BCUT2D eigenvalue weighted by Gasteiger charge is 2.28. The SMILES string of the molecule is c1ccc([SiH](c2ccccc2)c2ccc3c(c2)Oc2ccc(-c4c5ccccc5c(-c5ccc6c7c(cccc57)-c5ccccc5O6)c5ccccc45)c4cccc-3c24)cc1. The van der Waals surface area contributed by atoms with Crippen molar-refractivity contribution in [3.63, 3.8) is 0 Å². The van der Waals surface area contributed by atoms with Crippen molar-refractivity contribution in [2.75, 3.05) is 0 Å². The van der Waals surface area contributed by atoms with Gasteiger partial charge in [0, 0.05) is 21.9 Å². The van der Waals surface area contributed by atoms with E-state index in [1.54, 1.807) is 0 Å². The molecule has 2 nitrogen and oxygen atoms in total. The lowest BCUT2D eigenvalue weighted by atomic mass is 9.82. The highest BCUT2D eigenvalue weighted by molar-refractivity contribution is 6.95. The maximum atomic E-state index is 6.96. The molecule has 0 unspecified atom stereocenters. The van der Waals surface area contributed by atoms with Gasteiger partial charge in [0.05, 0.1) is 0 Å². The lowest BCUT2D eigenvalue weighted by molar-refractivity contribution is 0.487. The summed E-state index contributed by atoms with van der Waals surface area (Å²) in [6, 6.07) is 77.5. The minimum absolute atomic E-state index is 0.898. The molecule has 0 fully saturated rings. The van der Waals surface area contributed by atoms with Gasteiger partial charge in [0.25, 0.3) is 0 Å². The summed E-state index contributed by atoms with van der Waals surface area (Å²) < 4.78 is 13.5. The van der Waals surface area contributed by atoms with Gasteiger partial charge in [-0.15, -0.1) is 0 Å². The Balaban J connectivity index is 1.01. The molecule has 284 valence electrons. The van der Waals surface area contributed by atoms with Crippen LogP contribution in [-0.2, 0) is 0 Å². The molecule has 3 heteroatoms. The summed E-state index contributed by atoms with van der Waals surface area (Å²) in [6.45, 7) is 0. The average molecular weight is 793 g/mol. The highest BCUT2D eigenvalue weighted by Crippen LogP contribution is 2.53. The molecule has 11 aromatic rings. The second-order valence-electron chi connectivity index (χ2n) is 16.2. The van der Waals surface area contributed by atoms with Crippen LogP contribution in [0.5, 0.6) is 23.0 Å². The van der Waals surface area contributed by atoms with Gasteiger partial charge in [0.2, 0.25) is 0 Å². The van der Waals surface area contributed by atoms with Crippen LogP contribution in [0.2, 0.25) is 0 Å². The van der Waals surface area contributed by atoms with E-state index >= 15 is 0 Å². The van der Waals surface area contributed by atoms with Crippen LogP contribution in [0.3, 0.4) is 0 Å². The van der Waals surface area contributed by atoms with Crippen LogP contribution in [0.4, 0.5) is 0 Å². The summed E-state index contributed by atoms with van der Waals surface area (Å²) in [5.74, 6) is 3.62. The second-order valence-corrected chi connectivity index (χ2v) is 19.1. The Morgan fingerprint density at radius 2 is 0.656 bits per heavy atom. The van der Waals surface area contributed by atoms with Crippen LogP contribution in [-0.4, -0.2) is 8.80 Å². The van der Waals surface area contributed by atoms with Gasteiger partial charge in [-0.05, 0) is 107 Å². The van der Waals surface area contributed by atoms with E-state index in [4.69, 9.17) is 9.47 Å². The fourth-order valence-electron chi connectivity index (χ4n) is 10.4. The Labute approximate surface area is 355 Å². The minimum atomic E-state index is -1.75. The van der Waals surface area contributed by atoms with Crippen molar-refractivity contribution >= 4 is 67.4 Å². The quantitative estimate of drug-likeness (QED) is 0.0982. The number of fused-ring (bicyclic) bond motifs is 6. The first kappa shape index (κ1) is 34.2. The zero-order valence-corrected chi connectivity index (χ0v) is 34.3. The summed E-state index contributed by atoms with van der Waals surface area (Å²) in [6.07, 6.45) is 0. The molecule has 0 radical (unpaired) electrons. The van der Waals surface area contributed by atoms with Crippen molar-refractivity contribution in [2.45, 2.75) is 0 Å². The van der Waals surface area contributed by atoms with E-state index < -0.39 is 8.80 Å². The van der Waals surface area contributed by atoms with Crippen LogP contribution in [0.25, 0.3) is 87.6 Å². The molecule has 13 rings (SSSR count). The number of para-hydroxylation sites is 1. The van der Waals surface area contributed by atoms with Gasteiger partial charge in [-0.3, -0.25) is 0 Å². The van der Waals surface area contributed by atoms with Gasteiger partial charge in [0.1, 0.15) is 31.8 Å². The predicted octanol–water partition coefficient (Wildman–Crippen LogP) is 13.4. The maximum Gasteiger partial charge on any atom is 0.135 e. The topological polar surface area (TPSA) is 18.5 Å². The van der Waals surface area contributed by atoms with Gasteiger partial charge < -0.3 is 9.47 Å². The first-order chi connectivity index (χ1) is 30.3. The van der Waals surface area contributed by atoms with Gasteiger partial charge in [-0.25, -0.2) is 0 Å². The molecule has 61 heavy (non-hydrogen) atoms. The molecule has 0 saturated carbocycles. The predicted molar refractivity (Wildman–Crippen MR) is 257 cm³/mol. The molecule has 0 amide bonds. The van der Waals surface area contributed by atoms with E-state index in [0.29, 0.717) is 0 Å². The van der Waals surface area contributed by atoms with Crippen molar-refractivity contribution in [1.29, 1.82) is 0 Å². The summed E-state index contributed by atoms with van der Waals surface area (Å²) in [5.41, 5.74) is 9.55. The highest BCUT2D eigenvalue weighted by atomic mass is 28.3. The molecule has 2 heterocycles. The summed E-state index contributed by atoms with van der Waals surface area (Å²) in [4.78, 5) is 0. The Hall–Kier alpha value is -7.72. The van der Waals surface area contributed by atoms with Crippen molar-refractivity contribution < 1.29 is 9.47 Å². The van der Waals surface area contributed by atoms with Crippen LogP contribution in [0.15, 0.2) is 212 Å². The Bertz CT molecular complexity index is 3500. The third kappa shape index (κ3) is 5.14. The molecule has 0 atom stereocenters. The third-order valence-electron chi connectivity index (χ3n) is 13.0. The number of hydrogen-bond donors (Lipinski definition) is 0. The molecule has 0 aliphatic carbocycles. The second kappa shape index (κ2) is 13.4. The van der Waals surface area contributed by atoms with E-state index in [-0.39, 0.29) is 0 Å². The van der Waals surface area contributed by atoms with Gasteiger partial charge in [-0.1, -0.05) is 186 Å². The van der Waals surface area contributed by atoms with Crippen molar-refractivity contribution in [2.24, 2.45) is 0 Å². The molecule has 0 N–H and O–H groups in total. The fourth-order valence-corrected chi connectivity index (χ4v) is 13.4. The molecule has 11 aromatic carbocycles. The zero-order chi connectivity index (χ0) is 40.0. The molecule has 0 saturated heterocycles. The standard InChI is InChI=1S/C58H36O2Si/c1-3-15-36(16-4-1)61(37-17-5-2-6-18-37)38-29-30-40-42-25-14-27-48-50(32-34-53(58(42)48)60-54(40)35-38)56-45-22-9-7-20-43(45)55(44-21-8-10-23-46(44)56)49-31-33-52-57-41(24-13-26-47(49)57)39-19-11-12-28-51(39)59-52/h1-35,61H. The van der Waals surface area contributed by atoms with E-state index in [2.05, 4.69) is 206 Å². The largest absolute Gasteiger partial charge is 0.456 e. The Kier molecular flexibility index (Phi) is 7.51. The number of hydrogen-bond acceptors (Lipinski definition) is 2. The van der Waals surface area contributed by atoms with Crippen molar-refractivity contribution in [1.82, 2.24) is 0 Å². The molecule has 2 aliphatic rings. The Morgan fingerprint density at radius 1 is 0.246 bits per heavy atom. The molecule has 0 aromatic heterocycles. The Morgan fingerprint density at radius 3 is 1.20 bits per heavy atom. The van der Waals surface area contributed by atoms with Crippen LogP contribution < -0.4 is 25.0 Å². The minimum Gasteiger partial charge on any atom is -0.456 e. The molecule has 0 spiro atoms. The lowest BCUT2D eigenvalue weighted by Crippen LogP contribution is -2.51.